The predicted molar refractivity (Wildman–Crippen MR) is 44.2 cm³/mol. The summed E-state index contributed by atoms with van der Waals surface area (Å²) in [6.07, 6.45) is 0.679. The van der Waals surface area contributed by atoms with Crippen LogP contribution in [-0.2, 0) is 14.3 Å². The van der Waals surface area contributed by atoms with Gasteiger partial charge in [0.05, 0.1) is 12.5 Å². The van der Waals surface area contributed by atoms with Crippen molar-refractivity contribution < 1.29 is 19.4 Å². The summed E-state index contributed by atoms with van der Waals surface area (Å²) in [6.45, 7) is 2.42. The molecule has 5 nitrogen and oxygen atoms in total. The van der Waals surface area contributed by atoms with Crippen LogP contribution in [0.3, 0.4) is 0 Å². The third-order valence-corrected chi connectivity index (χ3v) is 2.03. The summed E-state index contributed by atoms with van der Waals surface area (Å²) >= 11 is 0. The number of nitrogens with one attached hydrogen (secondary N) is 1. The molecular formula is C8H13NO4. The summed E-state index contributed by atoms with van der Waals surface area (Å²) < 4.78 is 5.01. The minimum atomic E-state index is -1.02. The maximum atomic E-state index is 11.3. The average Bonchev–Trinajstić information content (AvgIpc) is 2.55. The number of hydrogen-bond acceptors (Lipinski definition) is 3. The largest absolute Gasteiger partial charge is 0.480 e. The first kappa shape index (κ1) is 9.98. The molecule has 2 N–H and O–H groups in total. The Balaban J connectivity index is 2.35. The van der Waals surface area contributed by atoms with Crippen molar-refractivity contribution in [3.63, 3.8) is 0 Å². The van der Waals surface area contributed by atoms with Crippen LogP contribution in [0.2, 0.25) is 0 Å². The topological polar surface area (TPSA) is 75.6 Å². The fraction of sp³-hybridized carbons (Fsp3) is 0.750. The van der Waals surface area contributed by atoms with Gasteiger partial charge in [0.1, 0.15) is 6.04 Å². The fourth-order valence-electron chi connectivity index (χ4n) is 1.13. The van der Waals surface area contributed by atoms with E-state index < -0.39 is 12.0 Å². The number of rotatable bonds is 3. The van der Waals surface area contributed by atoms with E-state index in [1.807, 2.05) is 0 Å². The van der Waals surface area contributed by atoms with Gasteiger partial charge in [-0.25, -0.2) is 0 Å². The highest BCUT2D eigenvalue weighted by molar-refractivity contribution is 5.84. The van der Waals surface area contributed by atoms with Crippen molar-refractivity contribution in [1.29, 1.82) is 0 Å². The van der Waals surface area contributed by atoms with E-state index in [-0.39, 0.29) is 11.8 Å². The van der Waals surface area contributed by atoms with E-state index in [2.05, 4.69) is 5.32 Å². The SMILES string of the molecule is C[C@@H](NC(=O)C1CCOC1)C(=O)O. The second kappa shape index (κ2) is 4.23. The molecule has 1 aliphatic rings. The Hall–Kier alpha value is -1.10. The highest BCUT2D eigenvalue weighted by Crippen LogP contribution is 2.12. The number of aliphatic carboxylic acids is 1. The molecule has 74 valence electrons. The Morgan fingerprint density at radius 3 is 2.77 bits per heavy atom. The molecule has 1 aliphatic heterocycles. The Bertz CT molecular complexity index is 210. The maximum absolute atomic E-state index is 11.3. The van der Waals surface area contributed by atoms with Gasteiger partial charge in [-0.15, -0.1) is 0 Å². The number of carboxylic acid groups (broad SMARTS) is 1. The molecule has 0 saturated carbocycles. The molecule has 0 aromatic carbocycles. The van der Waals surface area contributed by atoms with Crippen LogP contribution < -0.4 is 5.32 Å². The molecule has 1 fully saturated rings. The van der Waals surface area contributed by atoms with Crippen LogP contribution in [0, 0.1) is 5.92 Å². The molecule has 0 aromatic heterocycles. The van der Waals surface area contributed by atoms with E-state index >= 15 is 0 Å². The van der Waals surface area contributed by atoms with E-state index in [1.54, 1.807) is 0 Å². The molecule has 0 spiro atoms. The first-order valence-corrected chi connectivity index (χ1v) is 4.22. The van der Waals surface area contributed by atoms with Gasteiger partial charge in [0.2, 0.25) is 5.91 Å². The van der Waals surface area contributed by atoms with Gasteiger partial charge in [0, 0.05) is 6.61 Å². The number of ether oxygens (including phenoxy) is 1. The minimum Gasteiger partial charge on any atom is -0.480 e. The van der Waals surface area contributed by atoms with Crippen molar-refractivity contribution in [3.8, 4) is 0 Å². The molecule has 0 radical (unpaired) electrons. The quantitative estimate of drug-likeness (QED) is 0.631. The smallest absolute Gasteiger partial charge is 0.325 e. The molecule has 1 amide bonds. The van der Waals surface area contributed by atoms with Crippen molar-refractivity contribution in [1.82, 2.24) is 5.32 Å². The first-order chi connectivity index (χ1) is 6.11. The van der Waals surface area contributed by atoms with Gasteiger partial charge in [-0.1, -0.05) is 0 Å². The molecule has 0 bridgehead atoms. The first-order valence-electron chi connectivity index (χ1n) is 4.22. The van der Waals surface area contributed by atoms with Crippen LogP contribution in [0.1, 0.15) is 13.3 Å². The Morgan fingerprint density at radius 1 is 1.62 bits per heavy atom. The van der Waals surface area contributed by atoms with E-state index in [0.29, 0.717) is 19.6 Å². The number of carbonyl (C=O) groups is 2. The molecule has 0 aromatic rings. The predicted octanol–water partition coefficient (Wildman–Crippen LogP) is -0.388. The summed E-state index contributed by atoms with van der Waals surface area (Å²) in [6, 6.07) is -0.826. The third kappa shape index (κ3) is 2.69. The highest BCUT2D eigenvalue weighted by atomic mass is 16.5. The zero-order valence-corrected chi connectivity index (χ0v) is 7.45. The van der Waals surface area contributed by atoms with Crippen LogP contribution in [0.15, 0.2) is 0 Å². The lowest BCUT2D eigenvalue weighted by Crippen LogP contribution is -2.41. The van der Waals surface area contributed by atoms with Crippen molar-refractivity contribution in [3.05, 3.63) is 0 Å². The number of amides is 1. The van der Waals surface area contributed by atoms with Crippen LogP contribution in [0.5, 0.6) is 0 Å². The van der Waals surface area contributed by atoms with Crippen molar-refractivity contribution >= 4 is 11.9 Å². The number of carbonyl (C=O) groups excluding carboxylic acids is 1. The van der Waals surface area contributed by atoms with Gasteiger partial charge in [-0.05, 0) is 13.3 Å². The minimum absolute atomic E-state index is 0.179. The van der Waals surface area contributed by atoms with Gasteiger partial charge in [0.25, 0.3) is 0 Å². The normalized spacial score (nSPS) is 23.9. The second-order valence-corrected chi connectivity index (χ2v) is 3.13. The van der Waals surface area contributed by atoms with Crippen molar-refractivity contribution in [2.75, 3.05) is 13.2 Å². The zero-order chi connectivity index (χ0) is 9.84. The molecule has 1 rings (SSSR count). The molecule has 0 aliphatic carbocycles. The molecular weight excluding hydrogens is 174 g/mol. The standard InChI is InChI=1S/C8H13NO4/c1-5(8(11)12)9-7(10)6-2-3-13-4-6/h5-6H,2-4H2,1H3,(H,9,10)(H,11,12)/t5-,6?/m1/s1. The molecule has 1 heterocycles. The van der Waals surface area contributed by atoms with E-state index in [9.17, 15) is 9.59 Å². The molecule has 13 heavy (non-hydrogen) atoms. The molecule has 2 atom stereocenters. The van der Waals surface area contributed by atoms with E-state index in [0.717, 1.165) is 0 Å². The summed E-state index contributed by atoms with van der Waals surface area (Å²) in [4.78, 5) is 21.7. The fourth-order valence-corrected chi connectivity index (χ4v) is 1.13. The Morgan fingerprint density at radius 2 is 2.31 bits per heavy atom. The van der Waals surface area contributed by atoms with Gasteiger partial charge in [0.15, 0.2) is 0 Å². The van der Waals surface area contributed by atoms with E-state index in [1.165, 1.54) is 6.92 Å². The monoisotopic (exact) mass is 187 g/mol. The third-order valence-electron chi connectivity index (χ3n) is 2.03. The number of carboxylic acids is 1. The molecule has 5 heteroatoms. The zero-order valence-electron chi connectivity index (χ0n) is 7.45. The lowest BCUT2D eigenvalue weighted by molar-refractivity contribution is -0.141. The van der Waals surface area contributed by atoms with Crippen LogP contribution in [-0.4, -0.2) is 36.2 Å². The molecule has 1 saturated heterocycles. The second-order valence-electron chi connectivity index (χ2n) is 3.13. The Labute approximate surface area is 76.1 Å². The van der Waals surface area contributed by atoms with Crippen LogP contribution in [0.4, 0.5) is 0 Å². The lowest BCUT2D eigenvalue weighted by Gasteiger charge is -2.12. The van der Waals surface area contributed by atoms with Gasteiger partial charge < -0.3 is 15.2 Å². The summed E-state index contributed by atoms with van der Waals surface area (Å²) in [7, 11) is 0. The Kier molecular flexibility index (Phi) is 3.25. The van der Waals surface area contributed by atoms with E-state index in [4.69, 9.17) is 9.84 Å². The highest BCUT2D eigenvalue weighted by Gasteiger charge is 2.25. The summed E-state index contributed by atoms with van der Waals surface area (Å²) in [5.41, 5.74) is 0. The molecule has 1 unspecified atom stereocenters. The van der Waals surface area contributed by atoms with Crippen LogP contribution in [0.25, 0.3) is 0 Å². The van der Waals surface area contributed by atoms with Gasteiger partial charge in [-0.3, -0.25) is 9.59 Å². The lowest BCUT2D eigenvalue weighted by atomic mass is 10.1. The number of hydrogen-bond donors (Lipinski definition) is 2. The maximum Gasteiger partial charge on any atom is 0.325 e. The van der Waals surface area contributed by atoms with Crippen LogP contribution >= 0.6 is 0 Å². The van der Waals surface area contributed by atoms with Gasteiger partial charge >= 0.3 is 5.97 Å². The summed E-state index contributed by atoms with van der Waals surface area (Å²) in [5, 5.41) is 10.9. The van der Waals surface area contributed by atoms with Gasteiger partial charge in [-0.2, -0.15) is 0 Å². The average molecular weight is 187 g/mol. The van der Waals surface area contributed by atoms with Crippen molar-refractivity contribution in [2.24, 2.45) is 5.92 Å². The summed E-state index contributed by atoms with van der Waals surface area (Å²) in [5.74, 6) is -1.43. The van der Waals surface area contributed by atoms with Crippen molar-refractivity contribution in [2.45, 2.75) is 19.4 Å².